The quantitative estimate of drug-likeness (QED) is 0.311. The molecule has 2 rings (SSSR count). The molecule has 0 aromatic rings. The van der Waals surface area contributed by atoms with Crippen LogP contribution in [0.1, 0.15) is 65.2 Å². The van der Waals surface area contributed by atoms with Crippen LogP contribution >= 0.6 is 24.8 Å². The molecule has 0 saturated carbocycles. The summed E-state index contributed by atoms with van der Waals surface area (Å²) in [6.07, 6.45) is 25.0. The molecule has 0 N–H and O–H groups in total. The van der Waals surface area contributed by atoms with Gasteiger partial charge >= 0.3 is 38.5 Å². The average molecular weight is 421 g/mol. The van der Waals surface area contributed by atoms with Gasteiger partial charge in [0.2, 0.25) is 0 Å². The van der Waals surface area contributed by atoms with Gasteiger partial charge in [0.1, 0.15) is 0 Å². The number of halogens is 2. The van der Waals surface area contributed by atoms with E-state index in [-0.39, 0.29) is 31.0 Å². The summed E-state index contributed by atoms with van der Waals surface area (Å²) in [6, 6.07) is 0. The number of hydrogen-bond acceptors (Lipinski definition) is 0. The van der Waals surface area contributed by atoms with E-state index in [0.29, 0.717) is 0 Å². The standard InChI is InChI=1S/2C9H13.C2H6Si.2ClH.Ti/c2*1-2-3-6-9-7-4-5-8-9;1-3-2;;;/h2*7-8H,2-4,6H2,1H3;1-2H3;2*1H;/q2*-1;;;;+2. The molecular weight excluding hydrogens is 387 g/mol. The second kappa shape index (κ2) is 21.5. The van der Waals surface area contributed by atoms with E-state index < -0.39 is 0 Å². The van der Waals surface area contributed by atoms with Crippen molar-refractivity contribution in [3.63, 3.8) is 0 Å². The van der Waals surface area contributed by atoms with Crippen LogP contribution in [0, 0.1) is 12.2 Å². The molecule has 0 radical (unpaired) electrons. The largest absolute Gasteiger partial charge is 0.147 e. The summed E-state index contributed by atoms with van der Waals surface area (Å²) in [7, 11) is 0. The fourth-order valence-corrected chi connectivity index (χ4v) is 1.99. The van der Waals surface area contributed by atoms with Crippen LogP contribution in [0.15, 0.2) is 35.5 Å². The van der Waals surface area contributed by atoms with Crippen molar-refractivity contribution in [2.75, 3.05) is 0 Å². The SMILES string of the molecule is CCCCC1=CC[C-]=C1.CCCCC1=CC[C-]=C1.C[Si](C)=[Ti+2].Cl.Cl. The molecule has 0 amide bonds. The zero-order chi connectivity index (χ0) is 16.6. The average Bonchev–Trinajstić information content (AvgIpc) is 3.16. The Balaban J connectivity index is -0.000000283. The molecule has 0 aliphatic heterocycles. The van der Waals surface area contributed by atoms with E-state index in [1.165, 1.54) is 49.7 Å². The predicted octanol–water partition coefficient (Wildman–Crippen LogP) is 7.36. The zero-order valence-electron chi connectivity index (χ0n) is 15.8. The van der Waals surface area contributed by atoms with E-state index in [2.05, 4.69) is 82.6 Å². The summed E-state index contributed by atoms with van der Waals surface area (Å²) in [5.74, 6) is 0. The molecule has 2 aliphatic carbocycles. The van der Waals surface area contributed by atoms with Crippen LogP contribution in [0.2, 0.25) is 13.1 Å². The van der Waals surface area contributed by atoms with Crippen LogP contribution in [-0.4, -0.2) is 6.19 Å². The van der Waals surface area contributed by atoms with Gasteiger partial charge in [0.15, 0.2) is 0 Å². The summed E-state index contributed by atoms with van der Waals surface area (Å²) in [6.45, 7) is 8.99. The topological polar surface area (TPSA) is 0 Å². The minimum atomic E-state index is 0. The first kappa shape index (κ1) is 29.2. The third-order valence-electron chi connectivity index (χ3n) is 3.18. The molecule has 0 fully saturated rings. The maximum absolute atomic E-state index is 3.16. The third-order valence-corrected chi connectivity index (χ3v) is 3.18. The number of allylic oxidation sites excluding steroid dienone is 8. The van der Waals surface area contributed by atoms with Crippen molar-refractivity contribution in [2.24, 2.45) is 0 Å². The fraction of sp³-hybridized carbons (Fsp3) is 0.600. The Labute approximate surface area is 175 Å². The van der Waals surface area contributed by atoms with Gasteiger partial charge in [-0.15, -0.1) is 37.7 Å². The van der Waals surface area contributed by atoms with E-state index in [1.807, 2.05) is 0 Å². The Morgan fingerprint density at radius 2 is 1.21 bits per heavy atom. The van der Waals surface area contributed by atoms with Crippen LogP contribution in [0.4, 0.5) is 0 Å². The normalized spacial score (nSPS) is 13.4. The van der Waals surface area contributed by atoms with Crippen LogP contribution in [0.25, 0.3) is 0 Å². The molecule has 0 atom stereocenters. The molecule has 0 aromatic heterocycles. The van der Waals surface area contributed by atoms with Gasteiger partial charge in [-0.2, -0.15) is 12.2 Å². The van der Waals surface area contributed by atoms with Gasteiger partial charge in [0, 0.05) is 0 Å². The van der Waals surface area contributed by atoms with Crippen molar-refractivity contribution < 1.29 is 19.2 Å². The number of unbranched alkanes of at least 4 members (excludes halogenated alkanes) is 2. The Morgan fingerprint density at radius 1 is 0.875 bits per heavy atom. The fourth-order valence-electron chi connectivity index (χ4n) is 1.99. The second-order valence-corrected chi connectivity index (χ2v) is 12.6. The second-order valence-electron chi connectivity index (χ2n) is 5.87. The maximum Gasteiger partial charge on any atom is -0.147 e. The zero-order valence-corrected chi connectivity index (χ0v) is 20.0. The first-order chi connectivity index (χ1) is 10.6. The molecule has 0 nitrogen and oxygen atoms in total. The van der Waals surface area contributed by atoms with Crippen molar-refractivity contribution in [1.82, 2.24) is 0 Å². The van der Waals surface area contributed by atoms with E-state index >= 15 is 0 Å². The van der Waals surface area contributed by atoms with Gasteiger partial charge in [0.05, 0.1) is 0 Å². The van der Waals surface area contributed by atoms with Gasteiger partial charge in [-0.05, 0) is 0 Å². The van der Waals surface area contributed by atoms with Crippen molar-refractivity contribution >= 4 is 31.0 Å². The summed E-state index contributed by atoms with van der Waals surface area (Å²) < 4.78 is 0. The Kier molecular flexibility index (Phi) is 26.2. The molecule has 136 valence electrons. The van der Waals surface area contributed by atoms with E-state index in [0.717, 1.165) is 12.8 Å². The molecule has 0 unspecified atom stereocenters. The maximum atomic E-state index is 3.16. The van der Waals surface area contributed by atoms with E-state index in [9.17, 15) is 0 Å². The molecule has 0 aromatic carbocycles. The number of hydrogen-bond donors (Lipinski definition) is 0. The first-order valence-corrected chi connectivity index (χ1v) is 13.5. The van der Waals surface area contributed by atoms with Crippen LogP contribution < -0.4 is 0 Å². The summed E-state index contributed by atoms with van der Waals surface area (Å²) >= 11 is 2.27. The summed E-state index contributed by atoms with van der Waals surface area (Å²) in [5.41, 5.74) is 2.97. The molecule has 24 heavy (non-hydrogen) atoms. The van der Waals surface area contributed by atoms with Gasteiger partial charge in [-0.25, -0.2) is 23.3 Å². The van der Waals surface area contributed by atoms with E-state index in [1.54, 1.807) is 0 Å². The molecule has 0 spiro atoms. The number of rotatable bonds is 6. The Bertz CT molecular complexity index is 385. The van der Waals surface area contributed by atoms with Gasteiger partial charge in [-0.3, -0.25) is 12.2 Å². The first-order valence-electron chi connectivity index (χ1n) is 8.63. The Morgan fingerprint density at radius 3 is 1.42 bits per heavy atom. The molecule has 0 bridgehead atoms. The van der Waals surface area contributed by atoms with E-state index in [4.69, 9.17) is 0 Å². The molecule has 4 heteroatoms. The van der Waals surface area contributed by atoms with Gasteiger partial charge < -0.3 is 0 Å². The Hall–Kier alpha value is 0.471. The molecule has 2 aliphatic rings. The van der Waals surface area contributed by atoms with Crippen LogP contribution in [0.5, 0.6) is 0 Å². The van der Waals surface area contributed by atoms with Gasteiger partial charge in [0.25, 0.3) is 0 Å². The molecule has 0 heterocycles. The molecule has 0 saturated heterocycles. The summed E-state index contributed by atoms with van der Waals surface area (Å²) in [5, 5.41) is 0. The van der Waals surface area contributed by atoms with Crippen molar-refractivity contribution in [3.05, 3.63) is 47.6 Å². The van der Waals surface area contributed by atoms with Crippen LogP contribution in [-0.2, 0) is 19.2 Å². The monoisotopic (exact) mass is 420 g/mol. The third kappa shape index (κ3) is 20.5. The molecular formula is C20H34Cl2SiTi. The van der Waals surface area contributed by atoms with Crippen molar-refractivity contribution in [1.29, 1.82) is 0 Å². The minimum absolute atomic E-state index is 0. The van der Waals surface area contributed by atoms with Crippen molar-refractivity contribution in [3.8, 4) is 0 Å². The van der Waals surface area contributed by atoms with Crippen LogP contribution in [0.3, 0.4) is 0 Å². The smallest absolute Gasteiger partial charge is 0.147 e. The predicted molar refractivity (Wildman–Crippen MR) is 112 cm³/mol. The summed E-state index contributed by atoms with van der Waals surface area (Å²) in [4.78, 5) is 0. The van der Waals surface area contributed by atoms with Crippen molar-refractivity contribution in [2.45, 2.75) is 78.3 Å². The minimum Gasteiger partial charge on any atom is -0.147 e. The van der Waals surface area contributed by atoms with Gasteiger partial charge in [-0.1, -0.05) is 52.4 Å².